The zero-order chi connectivity index (χ0) is 16.2. The van der Waals surface area contributed by atoms with Crippen molar-refractivity contribution in [1.29, 1.82) is 0 Å². The van der Waals surface area contributed by atoms with Gasteiger partial charge in [0.25, 0.3) is 0 Å². The molecule has 1 aromatic carbocycles. The molecule has 0 radical (unpaired) electrons. The van der Waals surface area contributed by atoms with Gasteiger partial charge >= 0.3 is 0 Å². The number of piperidine rings is 1. The third-order valence-electron chi connectivity index (χ3n) is 4.37. The molecule has 1 aliphatic rings. The van der Waals surface area contributed by atoms with Crippen LogP contribution in [0.2, 0.25) is 0 Å². The number of benzene rings is 1. The average Bonchev–Trinajstić information content (AvgIpc) is 2.98. The van der Waals surface area contributed by atoms with Gasteiger partial charge in [-0.25, -0.2) is 4.98 Å². The lowest BCUT2D eigenvalue weighted by molar-refractivity contribution is -0.121. The molecule has 1 fully saturated rings. The third kappa shape index (κ3) is 3.98. The summed E-state index contributed by atoms with van der Waals surface area (Å²) >= 11 is 0. The topological polar surface area (TPSA) is 47.4 Å². The van der Waals surface area contributed by atoms with Crippen molar-refractivity contribution in [3.8, 4) is 0 Å². The van der Waals surface area contributed by atoms with Crippen LogP contribution in [0.4, 0.5) is 0 Å². The van der Waals surface area contributed by atoms with Crippen LogP contribution in [0.5, 0.6) is 0 Å². The maximum atomic E-state index is 12.6. The fourth-order valence-electron chi connectivity index (χ4n) is 3.21. The molecule has 5 atom stereocenters. The molecular weight excluding hydrogens is 347 g/mol. The molecule has 0 saturated carbocycles. The number of imidazole rings is 1. The van der Waals surface area contributed by atoms with Crippen molar-refractivity contribution >= 4 is 43.6 Å². The van der Waals surface area contributed by atoms with E-state index < -0.39 is 0 Å². The van der Waals surface area contributed by atoms with E-state index in [1.54, 1.807) is 6.33 Å². The van der Waals surface area contributed by atoms with Crippen LogP contribution in [0, 0.1) is 0 Å². The van der Waals surface area contributed by atoms with E-state index in [1.165, 1.54) is 0 Å². The summed E-state index contributed by atoms with van der Waals surface area (Å²) < 4.78 is 9.83. The van der Waals surface area contributed by atoms with Crippen LogP contribution in [0.25, 0.3) is 11.0 Å². The first-order chi connectivity index (χ1) is 11.2. The lowest BCUT2D eigenvalue weighted by Crippen LogP contribution is -2.45. The Bertz CT molecular complexity index is 667. The van der Waals surface area contributed by atoms with Crippen LogP contribution < -0.4 is 0 Å². The summed E-state index contributed by atoms with van der Waals surface area (Å²) in [6.45, 7) is 1.41. The highest BCUT2D eigenvalue weighted by molar-refractivity contribution is 8.01. The molecule has 0 spiro atoms. The molecule has 124 valence electrons. The van der Waals surface area contributed by atoms with E-state index in [2.05, 4.69) is 28.0 Å². The van der Waals surface area contributed by atoms with Gasteiger partial charge in [0, 0.05) is 28.5 Å². The van der Waals surface area contributed by atoms with Gasteiger partial charge in [0.1, 0.15) is 0 Å². The Morgan fingerprint density at radius 2 is 2.26 bits per heavy atom. The molecule has 0 aliphatic carbocycles. The first-order valence-electron chi connectivity index (χ1n) is 7.73. The zero-order valence-corrected chi connectivity index (χ0v) is 16.2. The smallest absolute Gasteiger partial charge is 0.154 e. The normalized spacial score (nSPS) is 23.0. The Balaban J connectivity index is 1.70. The molecule has 0 amide bonds. The van der Waals surface area contributed by atoms with E-state index in [-0.39, 0.29) is 17.9 Å². The average molecular weight is 369 g/mol. The second-order valence-electron chi connectivity index (χ2n) is 5.81. The number of Topliss-reactive ketones (excluding diaryl/α,β-unsaturated/α-hetero) is 1. The number of para-hydroxylation sites is 2. The zero-order valence-electron chi connectivity index (χ0n) is 12.9. The molecule has 2 heterocycles. The van der Waals surface area contributed by atoms with Crippen LogP contribution >= 0.6 is 26.8 Å². The SMILES string of the molecule is O=C(C[C@@H]1[C@@H](OP)CCCN1PP)Cn1cnc2ccccc21. The van der Waals surface area contributed by atoms with Crippen LogP contribution in [0.15, 0.2) is 30.6 Å². The largest absolute Gasteiger partial charge is 0.361 e. The van der Waals surface area contributed by atoms with Crippen molar-refractivity contribution in [2.75, 3.05) is 6.54 Å². The predicted molar refractivity (Wildman–Crippen MR) is 102 cm³/mol. The molecule has 3 rings (SSSR count). The Morgan fingerprint density at radius 3 is 3.04 bits per heavy atom. The van der Waals surface area contributed by atoms with E-state index in [1.807, 2.05) is 28.8 Å². The summed E-state index contributed by atoms with van der Waals surface area (Å²) in [5, 5.41) is 0. The van der Waals surface area contributed by atoms with Gasteiger partial charge in [-0.3, -0.25) is 9.46 Å². The number of hydrogen-bond acceptors (Lipinski definition) is 4. The van der Waals surface area contributed by atoms with Gasteiger partial charge in [-0.15, -0.1) is 0 Å². The molecule has 3 unspecified atom stereocenters. The van der Waals surface area contributed by atoms with Crippen LogP contribution in [-0.2, 0) is 15.9 Å². The standard InChI is InChI=1S/C15H22N3O2P3/c19-11(8-14-15(20-21)6-3-7-18(14)23-22)9-17-10-16-12-4-1-2-5-13(12)17/h1-2,4-5,10,14-15,23H,3,6-9,21-22H2/t14-,15+/m1/s1. The van der Waals surface area contributed by atoms with Gasteiger partial charge in [-0.2, -0.15) is 0 Å². The minimum absolute atomic E-state index is 0.116. The summed E-state index contributed by atoms with van der Waals surface area (Å²) in [5.41, 5.74) is 1.94. The number of carbonyl (C=O) groups excluding carboxylic acids is 1. The maximum absolute atomic E-state index is 12.6. The highest BCUT2D eigenvalue weighted by Crippen LogP contribution is 2.37. The number of fused-ring (bicyclic) bond motifs is 1. The van der Waals surface area contributed by atoms with E-state index in [4.69, 9.17) is 4.52 Å². The van der Waals surface area contributed by atoms with Gasteiger partial charge < -0.3 is 9.09 Å². The molecule has 5 nitrogen and oxygen atoms in total. The molecule has 8 heteroatoms. The summed E-state index contributed by atoms with van der Waals surface area (Å²) in [5.74, 6) is 0.223. The second-order valence-corrected chi connectivity index (χ2v) is 7.69. The molecule has 23 heavy (non-hydrogen) atoms. The van der Waals surface area contributed by atoms with Crippen molar-refractivity contribution < 1.29 is 9.32 Å². The molecule has 1 saturated heterocycles. The molecule has 1 aliphatic heterocycles. The van der Waals surface area contributed by atoms with Crippen molar-refractivity contribution in [3.05, 3.63) is 30.6 Å². The van der Waals surface area contributed by atoms with Crippen molar-refractivity contribution in [2.24, 2.45) is 0 Å². The number of carbonyl (C=O) groups is 1. The minimum atomic E-state index is 0.116. The monoisotopic (exact) mass is 369 g/mol. The predicted octanol–water partition coefficient (Wildman–Crippen LogP) is 3.02. The van der Waals surface area contributed by atoms with E-state index in [0.29, 0.717) is 21.4 Å². The Morgan fingerprint density at radius 1 is 1.43 bits per heavy atom. The minimum Gasteiger partial charge on any atom is -0.361 e. The number of hydrogen-bond donors (Lipinski definition) is 0. The van der Waals surface area contributed by atoms with Gasteiger partial charge in [0.2, 0.25) is 0 Å². The summed E-state index contributed by atoms with van der Waals surface area (Å²) in [4.78, 5) is 17.0. The first kappa shape index (κ1) is 17.4. The van der Waals surface area contributed by atoms with Crippen LogP contribution in [0.1, 0.15) is 19.3 Å². The van der Waals surface area contributed by atoms with Crippen molar-refractivity contribution in [3.63, 3.8) is 0 Å². The van der Waals surface area contributed by atoms with Gasteiger partial charge in [-0.05, 0) is 33.4 Å². The molecule has 2 aromatic rings. The van der Waals surface area contributed by atoms with E-state index >= 15 is 0 Å². The fraction of sp³-hybridized carbons (Fsp3) is 0.467. The van der Waals surface area contributed by atoms with E-state index in [0.717, 1.165) is 30.4 Å². The highest BCUT2D eigenvalue weighted by atomic mass is 32.0. The Hall–Kier alpha value is -0.430. The quantitative estimate of drug-likeness (QED) is 0.735. The lowest BCUT2D eigenvalue weighted by atomic mass is 9.96. The summed E-state index contributed by atoms with van der Waals surface area (Å²) in [6.07, 6.45) is 4.53. The second kappa shape index (κ2) is 8.10. The number of rotatable bonds is 6. The number of aromatic nitrogens is 2. The van der Waals surface area contributed by atoms with Crippen LogP contribution in [-0.4, -0.2) is 38.7 Å². The highest BCUT2D eigenvalue weighted by Gasteiger charge is 2.32. The fourth-order valence-corrected chi connectivity index (χ4v) is 5.22. The third-order valence-corrected chi connectivity index (χ3v) is 6.60. The molecule has 0 N–H and O–H groups in total. The molecule has 1 aromatic heterocycles. The number of nitrogens with zero attached hydrogens (tertiary/aromatic N) is 3. The van der Waals surface area contributed by atoms with Gasteiger partial charge in [0.05, 0.1) is 30.0 Å². The van der Waals surface area contributed by atoms with Gasteiger partial charge in [0.15, 0.2) is 5.78 Å². The number of ketones is 1. The maximum Gasteiger partial charge on any atom is 0.154 e. The first-order valence-corrected chi connectivity index (χ1v) is 11.0. The van der Waals surface area contributed by atoms with Crippen molar-refractivity contribution in [1.82, 2.24) is 14.2 Å². The van der Waals surface area contributed by atoms with Crippen LogP contribution in [0.3, 0.4) is 0 Å². The Labute approximate surface area is 142 Å². The molecular formula is C15H22N3O2P3. The Kier molecular flexibility index (Phi) is 6.13. The van der Waals surface area contributed by atoms with E-state index in [9.17, 15) is 4.79 Å². The molecule has 0 bridgehead atoms. The lowest BCUT2D eigenvalue weighted by Gasteiger charge is -2.39. The summed E-state index contributed by atoms with van der Waals surface area (Å²) in [6, 6.07) is 8.07. The van der Waals surface area contributed by atoms with Crippen molar-refractivity contribution in [2.45, 2.75) is 38.0 Å². The van der Waals surface area contributed by atoms with Gasteiger partial charge in [-0.1, -0.05) is 21.1 Å². The summed E-state index contributed by atoms with van der Waals surface area (Å²) in [7, 11) is 5.78.